The van der Waals surface area contributed by atoms with Crippen LogP contribution in [0.15, 0.2) is 16.9 Å². The van der Waals surface area contributed by atoms with Crippen LogP contribution >= 0.6 is 0 Å². The van der Waals surface area contributed by atoms with Gasteiger partial charge >= 0.3 is 0 Å². The Kier molecular flexibility index (Phi) is 4.19. The molecule has 0 aliphatic heterocycles. The van der Waals surface area contributed by atoms with Gasteiger partial charge in [0.2, 0.25) is 0 Å². The van der Waals surface area contributed by atoms with Crippen molar-refractivity contribution in [1.29, 1.82) is 0 Å². The lowest BCUT2D eigenvalue weighted by Gasteiger charge is -2.28. The molecular formula is C14H22N2O2. The number of nitrogens with zero attached hydrogens (tertiary/aromatic N) is 1. The third kappa shape index (κ3) is 2.49. The first-order chi connectivity index (χ1) is 8.67. The van der Waals surface area contributed by atoms with Gasteiger partial charge in [-0.2, -0.15) is 0 Å². The van der Waals surface area contributed by atoms with E-state index in [4.69, 9.17) is 4.74 Å². The quantitative estimate of drug-likeness (QED) is 0.880. The van der Waals surface area contributed by atoms with Crippen LogP contribution in [0.25, 0.3) is 0 Å². The zero-order chi connectivity index (χ0) is 13.1. The van der Waals surface area contributed by atoms with Gasteiger partial charge in [0, 0.05) is 24.9 Å². The van der Waals surface area contributed by atoms with Gasteiger partial charge in [-0.05, 0) is 38.8 Å². The molecule has 2 atom stereocenters. The maximum atomic E-state index is 12.0. The van der Waals surface area contributed by atoms with E-state index in [1.165, 1.54) is 11.3 Å². The Hall–Kier alpha value is -1.13. The van der Waals surface area contributed by atoms with Gasteiger partial charge in [-0.1, -0.05) is 6.07 Å². The molecule has 1 aromatic rings. The molecule has 1 aromatic heterocycles. The van der Waals surface area contributed by atoms with Crippen molar-refractivity contribution in [1.82, 2.24) is 9.88 Å². The van der Waals surface area contributed by atoms with Gasteiger partial charge in [0.15, 0.2) is 0 Å². The number of ether oxygens (including phenoxy) is 1. The molecule has 4 nitrogen and oxygen atoms in total. The zero-order valence-electron chi connectivity index (χ0n) is 11.4. The topological polar surface area (TPSA) is 43.3 Å². The number of hydrogen-bond acceptors (Lipinski definition) is 3. The molecule has 2 rings (SSSR count). The molecule has 0 fully saturated rings. The van der Waals surface area contributed by atoms with E-state index in [1.807, 2.05) is 24.6 Å². The third-order valence-corrected chi connectivity index (χ3v) is 3.80. The second kappa shape index (κ2) is 5.67. The Bertz CT molecular complexity index is 467. The fraction of sp³-hybridized carbons (Fsp3) is 0.643. The van der Waals surface area contributed by atoms with Gasteiger partial charge < -0.3 is 14.6 Å². The SMILES string of the molecule is CNC1CCCc2c1ccc(=O)n2CC(C)OC. The van der Waals surface area contributed by atoms with Gasteiger partial charge in [0.1, 0.15) is 0 Å². The summed E-state index contributed by atoms with van der Waals surface area (Å²) in [6.45, 7) is 2.62. The van der Waals surface area contributed by atoms with E-state index in [9.17, 15) is 4.79 Å². The van der Waals surface area contributed by atoms with Crippen LogP contribution in [0.3, 0.4) is 0 Å². The number of pyridine rings is 1. The highest BCUT2D eigenvalue weighted by Crippen LogP contribution is 2.28. The normalized spacial score (nSPS) is 20.5. The number of fused-ring (bicyclic) bond motifs is 1. The van der Waals surface area contributed by atoms with Crippen LogP contribution in [0.4, 0.5) is 0 Å². The van der Waals surface area contributed by atoms with Crippen LogP contribution in [0.1, 0.15) is 37.1 Å². The van der Waals surface area contributed by atoms with Crippen LogP contribution in [0.2, 0.25) is 0 Å². The largest absolute Gasteiger partial charge is 0.380 e. The number of nitrogens with one attached hydrogen (secondary N) is 1. The van der Waals surface area contributed by atoms with E-state index >= 15 is 0 Å². The lowest BCUT2D eigenvalue weighted by molar-refractivity contribution is 0.101. The highest BCUT2D eigenvalue weighted by Gasteiger charge is 2.22. The van der Waals surface area contributed by atoms with Crippen LogP contribution < -0.4 is 10.9 Å². The summed E-state index contributed by atoms with van der Waals surface area (Å²) in [6.07, 6.45) is 3.31. The van der Waals surface area contributed by atoms with Crippen LogP contribution in [0.5, 0.6) is 0 Å². The van der Waals surface area contributed by atoms with Crippen LogP contribution in [0, 0.1) is 0 Å². The first kappa shape index (κ1) is 13.3. The van der Waals surface area contributed by atoms with Crippen molar-refractivity contribution < 1.29 is 4.74 Å². The van der Waals surface area contributed by atoms with Gasteiger partial charge in [0.05, 0.1) is 12.6 Å². The summed E-state index contributed by atoms with van der Waals surface area (Å²) in [6, 6.07) is 4.03. The van der Waals surface area contributed by atoms with Crippen molar-refractivity contribution in [3.05, 3.63) is 33.7 Å². The van der Waals surface area contributed by atoms with E-state index in [0.29, 0.717) is 12.6 Å². The smallest absolute Gasteiger partial charge is 0.250 e. The number of rotatable bonds is 4. The molecule has 0 radical (unpaired) electrons. The number of methoxy groups -OCH3 is 1. The van der Waals surface area contributed by atoms with Gasteiger partial charge in [-0.3, -0.25) is 4.79 Å². The first-order valence-electron chi connectivity index (χ1n) is 6.60. The zero-order valence-corrected chi connectivity index (χ0v) is 11.4. The van der Waals surface area contributed by atoms with Crippen LogP contribution in [-0.4, -0.2) is 24.8 Å². The van der Waals surface area contributed by atoms with E-state index in [-0.39, 0.29) is 11.7 Å². The Morgan fingerprint density at radius 1 is 1.56 bits per heavy atom. The molecule has 100 valence electrons. The van der Waals surface area contributed by atoms with Gasteiger partial charge in [-0.25, -0.2) is 0 Å². The standard InChI is InChI=1S/C14H22N2O2/c1-10(18-3)9-16-13-6-4-5-12(15-2)11(13)7-8-14(16)17/h7-8,10,12,15H,4-6,9H2,1-3H3. The molecule has 0 bridgehead atoms. The fourth-order valence-electron chi connectivity index (χ4n) is 2.69. The molecule has 1 N–H and O–H groups in total. The number of hydrogen-bond donors (Lipinski definition) is 1. The molecular weight excluding hydrogens is 228 g/mol. The average molecular weight is 250 g/mol. The second-order valence-corrected chi connectivity index (χ2v) is 4.96. The molecule has 4 heteroatoms. The molecule has 0 saturated carbocycles. The highest BCUT2D eigenvalue weighted by atomic mass is 16.5. The van der Waals surface area contributed by atoms with Crippen molar-refractivity contribution in [2.24, 2.45) is 0 Å². The van der Waals surface area contributed by atoms with Gasteiger partial charge in [-0.15, -0.1) is 0 Å². The van der Waals surface area contributed by atoms with Crippen LogP contribution in [-0.2, 0) is 17.7 Å². The van der Waals surface area contributed by atoms with Gasteiger partial charge in [0.25, 0.3) is 5.56 Å². The molecule has 1 aliphatic carbocycles. The van der Waals surface area contributed by atoms with Crippen molar-refractivity contribution in [3.63, 3.8) is 0 Å². The Labute approximate surface area is 108 Å². The lowest BCUT2D eigenvalue weighted by atomic mass is 9.91. The molecule has 0 saturated heterocycles. The minimum absolute atomic E-state index is 0.0594. The molecule has 0 aromatic carbocycles. The van der Waals surface area contributed by atoms with Crippen molar-refractivity contribution in [3.8, 4) is 0 Å². The third-order valence-electron chi connectivity index (χ3n) is 3.80. The fourth-order valence-corrected chi connectivity index (χ4v) is 2.69. The summed E-state index contributed by atoms with van der Waals surface area (Å²) in [5.74, 6) is 0. The molecule has 1 aliphatic rings. The minimum atomic E-state index is 0.0594. The summed E-state index contributed by atoms with van der Waals surface area (Å²) in [5, 5.41) is 3.33. The lowest BCUT2D eigenvalue weighted by Crippen LogP contribution is -2.33. The predicted octanol–water partition coefficient (Wildman–Crippen LogP) is 1.48. The Morgan fingerprint density at radius 3 is 3.00 bits per heavy atom. The van der Waals surface area contributed by atoms with Crippen molar-refractivity contribution in [2.45, 2.75) is 44.9 Å². The van der Waals surface area contributed by atoms with E-state index in [0.717, 1.165) is 19.3 Å². The Morgan fingerprint density at radius 2 is 2.33 bits per heavy atom. The summed E-state index contributed by atoms with van der Waals surface area (Å²) in [4.78, 5) is 12.0. The predicted molar refractivity (Wildman–Crippen MR) is 71.9 cm³/mol. The summed E-state index contributed by atoms with van der Waals surface area (Å²) < 4.78 is 7.16. The molecule has 1 heterocycles. The molecule has 2 unspecified atom stereocenters. The minimum Gasteiger partial charge on any atom is -0.380 e. The van der Waals surface area contributed by atoms with E-state index in [2.05, 4.69) is 5.32 Å². The molecule has 0 amide bonds. The summed E-state index contributed by atoms with van der Waals surface area (Å²) in [5.41, 5.74) is 2.53. The summed E-state index contributed by atoms with van der Waals surface area (Å²) in [7, 11) is 3.66. The van der Waals surface area contributed by atoms with E-state index < -0.39 is 0 Å². The average Bonchev–Trinajstić information content (AvgIpc) is 2.40. The monoisotopic (exact) mass is 250 g/mol. The van der Waals surface area contributed by atoms with Crippen molar-refractivity contribution in [2.75, 3.05) is 14.2 Å². The summed E-state index contributed by atoms with van der Waals surface area (Å²) >= 11 is 0. The van der Waals surface area contributed by atoms with Crippen molar-refractivity contribution >= 4 is 0 Å². The highest BCUT2D eigenvalue weighted by molar-refractivity contribution is 5.27. The number of aromatic nitrogens is 1. The molecule has 18 heavy (non-hydrogen) atoms. The Balaban J connectivity index is 2.42. The maximum Gasteiger partial charge on any atom is 0.250 e. The molecule has 0 spiro atoms. The second-order valence-electron chi connectivity index (χ2n) is 4.96. The van der Waals surface area contributed by atoms with E-state index in [1.54, 1.807) is 13.2 Å². The first-order valence-corrected chi connectivity index (χ1v) is 6.60. The maximum absolute atomic E-state index is 12.0.